The van der Waals surface area contributed by atoms with Crippen LogP contribution in [0.1, 0.15) is 19.4 Å². The maximum Gasteiger partial charge on any atom is 0.231 e. The Bertz CT molecular complexity index is 409. The van der Waals surface area contributed by atoms with E-state index in [0.29, 0.717) is 0 Å². The van der Waals surface area contributed by atoms with Crippen molar-refractivity contribution >= 4 is 0 Å². The second-order valence-electron chi connectivity index (χ2n) is 3.87. The molecule has 0 saturated carbocycles. The van der Waals surface area contributed by atoms with Gasteiger partial charge >= 0.3 is 0 Å². The first-order valence-corrected chi connectivity index (χ1v) is 4.45. The molecular formula is C10H11FO4. The maximum atomic E-state index is 13.3. The molecule has 5 heteroatoms. The van der Waals surface area contributed by atoms with E-state index in [2.05, 4.69) is 0 Å². The Kier molecular flexibility index (Phi) is 2.01. The second-order valence-corrected chi connectivity index (χ2v) is 3.87. The molecule has 1 aromatic rings. The Morgan fingerprint density at radius 3 is 2.67 bits per heavy atom. The zero-order chi connectivity index (χ0) is 11.2. The van der Waals surface area contributed by atoms with Crippen molar-refractivity contribution in [2.45, 2.75) is 19.4 Å². The van der Waals surface area contributed by atoms with E-state index in [4.69, 9.17) is 9.47 Å². The van der Waals surface area contributed by atoms with Gasteiger partial charge in [-0.1, -0.05) is 0 Å². The van der Waals surface area contributed by atoms with Gasteiger partial charge in [-0.25, -0.2) is 4.39 Å². The Labute approximate surface area is 85.9 Å². The minimum absolute atomic E-state index is 0.00926. The predicted molar refractivity (Wildman–Crippen MR) is 49.4 cm³/mol. The number of aromatic hydroxyl groups is 1. The smallest absolute Gasteiger partial charge is 0.231 e. The summed E-state index contributed by atoms with van der Waals surface area (Å²) in [5.41, 5.74) is -1.39. The van der Waals surface area contributed by atoms with Gasteiger partial charge in [0.25, 0.3) is 0 Å². The summed E-state index contributed by atoms with van der Waals surface area (Å²) >= 11 is 0. The molecule has 0 fully saturated rings. The Hall–Kier alpha value is -1.49. The lowest BCUT2D eigenvalue weighted by Gasteiger charge is -2.20. The van der Waals surface area contributed by atoms with Crippen LogP contribution in [0.2, 0.25) is 0 Å². The lowest BCUT2D eigenvalue weighted by atomic mass is 9.95. The van der Waals surface area contributed by atoms with Crippen molar-refractivity contribution < 1.29 is 24.1 Å². The van der Waals surface area contributed by atoms with E-state index in [9.17, 15) is 14.6 Å². The van der Waals surface area contributed by atoms with E-state index in [1.807, 2.05) is 0 Å². The molecule has 0 aliphatic carbocycles. The number of phenols is 1. The minimum atomic E-state index is -1.40. The van der Waals surface area contributed by atoms with Gasteiger partial charge in [-0.2, -0.15) is 0 Å². The van der Waals surface area contributed by atoms with Gasteiger partial charge in [0.05, 0.1) is 11.2 Å². The Balaban J connectivity index is 2.71. The summed E-state index contributed by atoms with van der Waals surface area (Å²) in [6.45, 7) is 2.83. The van der Waals surface area contributed by atoms with Crippen LogP contribution in [0.4, 0.5) is 4.39 Å². The third-order valence-electron chi connectivity index (χ3n) is 2.20. The molecule has 0 amide bonds. The molecule has 1 aliphatic rings. The molecular weight excluding hydrogens is 203 g/mol. The fraction of sp³-hybridized carbons (Fsp3) is 0.400. The van der Waals surface area contributed by atoms with Crippen LogP contribution in [0, 0.1) is 5.82 Å². The molecule has 0 radical (unpaired) electrons. The van der Waals surface area contributed by atoms with Crippen molar-refractivity contribution in [3.8, 4) is 17.2 Å². The molecule has 4 nitrogen and oxygen atoms in total. The van der Waals surface area contributed by atoms with E-state index < -0.39 is 17.2 Å². The van der Waals surface area contributed by atoms with Crippen LogP contribution in [-0.4, -0.2) is 17.0 Å². The normalized spacial score (nSPS) is 14.4. The fourth-order valence-electron chi connectivity index (χ4n) is 1.57. The lowest BCUT2D eigenvalue weighted by Crippen LogP contribution is -2.17. The minimum Gasteiger partial charge on any atom is -0.504 e. The van der Waals surface area contributed by atoms with Crippen LogP contribution in [-0.2, 0) is 5.60 Å². The number of aliphatic hydroxyl groups is 1. The van der Waals surface area contributed by atoms with Gasteiger partial charge in [0, 0.05) is 6.07 Å². The van der Waals surface area contributed by atoms with Crippen molar-refractivity contribution in [3.05, 3.63) is 17.4 Å². The molecule has 2 N–H and O–H groups in total. The predicted octanol–water partition coefficient (Wildman–Crippen LogP) is 1.49. The number of ether oxygens (including phenoxy) is 2. The van der Waals surface area contributed by atoms with Gasteiger partial charge in [-0.05, 0) is 13.8 Å². The Morgan fingerprint density at radius 2 is 2.07 bits per heavy atom. The van der Waals surface area contributed by atoms with Gasteiger partial charge in [-0.15, -0.1) is 0 Å². The third kappa shape index (κ3) is 1.48. The van der Waals surface area contributed by atoms with Crippen LogP contribution in [0.5, 0.6) is 17.2 Å². The largest absolute Gasteiger partial charge is 0.504 e. The van der Waals surface area contributed by atoms with Crippen molar-refractivity contribution in [1.29, 1.82) is 0 Å². The molecule has 1 aliphatic heterocycles. The van der Waals surface area contributed by atoms with Gasteiger partial charge < -0.3 is 19.7 Å². The van der Waals surface area contributed by atoms with Gasteiger partial charge in [0.15, 0.2) is 23.1 Å². The Morgan fingerprint density at radius 1 is 1.40 bits per heavy atom. The zero-order valence-electron chi connectivity index (χ0n) is 8.37. The monoisotopic (exact) mass is 214 g/mol. The first-order chi connectivity index (χ1) is 6.91. The SMILES string of the molecule is CC(C)(O)c1c(O)c(F)cc2c1OCO2. The van der Waals surface area contributed by atoms with Gasteiger partial charge in [-0.3, -0.25) is 0 Å². The lowest BCUT2D eigenvalue weighted by molar-refractivity contribution is 0.0710. The molecule has 0 bridgehead atoms. The topological polar surface area (TPSA) is 58.9 Å². The highest BCUT2D eigenvalue weighted by molar-refractivity contribution is 5.57. The molecule has 1 aromatic carbocycles. The summed E-state index contributed by atoms with van der Waals surface area (Å²) < 4.78 is 23.3. The first kappa shape index (κ1) is 10.0. The highest BCUT2D eigenvalue weighted by atomic mass is 19.1. The standard InChI is InChI=1S/C10H11FO4/c1-10(2,13)7-8(12)5(11)3-6-9(7)15-4-14-6/h3,12-13H,4H2,1-2H3. The molecule has 0 spiro atoms. The average Bonchev–Trinajstić information content (AvgIpc) is 2.50. The second kappa shape index (κ2) is 3.00. The number of fused-ring (bicyclic) bond motifs is 1. The zero-order valence-corrected chi connectivity index (χ0v) is 8.37. The molecule has 0 unspecified atom stereocenters. The molecule has 2 rings (SSSR count). The fourth-order valence-corrected chi connectivity index (χ4v) is 1.57. The van der Waals surface area contributed by atoms with Gasteiger partial charge in [0.1, 0.15) is 0 Å². The summed E-state index contributed by atoms with van der Waals surface area (Å²) in [5, 5.41) is 19.3. The highest BCUT2D eigenvalue weighted by Gasteiger charge is 2.33. The number of rotatable bonds is 1. The van der Waals surface area contributed by atoms with Crippen molar-refractivity contribution in [2.75, 3.05) is 6.79 Å². The number of hydrogen-bond donors (Lipinski definition) is 2. The van der Waals surface area contributed by atoms with E-state index in [1.54, 1.807) is 0 Å². The first-order valence-electron chi connectivity index (χ1n) is 4.45. The van der Waals surface area contributed by atoms with Crippen molar-refractivity contribution in [2.24, 2.45) is 0 Å². The molecule has 82 valence electrons. The average molecular weight is 214 g/mol. The van der Waals surface area contributed by atoms with E-state index in [1.165, 1.54) is 13.8 Å². The van der Waals surface area contributed by atoms with Crippen LogP contribution >= 0.6 is 0 Å². The van der Waals surface area contributed by atoms with Crippen LogP contribution in [0.15, 0.2) is 6.07 Å². The summed E-state index contributed by atoms with van der Waals surface area (Å²) in [6.07, 6.45) is 0. The van der Waals surface area contributed by atoms with Crippen LogP contribution in [0.25, 0.3) is 0 Å². The maximum absolute atomic E-state index is 13.3. The highest BCUT2D eigenvalue weighted by Crippen LogP contribution is 2.46. The van der Waals surface area contributed by atoms with Crippen molar-refractivity contribution in [1.82, 2.24) is 0 Å². The molecule has 0 aromatic heterocycles. The summed E-state index contributed by atoms with van der Waals surface area (Å²) in [7, 11) is 0. The summed E-state index contributed by atoms with van der Waals surface area (Å²) in [5.74, 6) is -1.05. The number of phenolic OH excluding ortho intramolecular Hbond substituents is 1. The molecule has 0 saturated heterocycles. The van der Waals surface area contributed by atoms with E-state index >= 15 is 0 Å². The number of halogens is 1. The van der Waals surface area contributed by atoms with Crippen molar-refractivity contribution in [3.63, 3.8) is 0 Å². The van der Waals surface area contributed by atoms with Gasteiger partial charge in [0.2, 0.25) is 6.79 Å². The van der Waals surface area contributed by atoms with E-state index in [-0.39, 0.29) is 23.9 Å². The molecule has 1 heterocycles. The molecule has 0 atom stereocenters. The summed E-state index contributed by atoms with van der Waals surface area (Å²) in [4.78, 5) is 0. The summed E-state index contributed by atoms with van der Waals surface area (Å²) in [6, 6.07) is 1.03. The number of hydrogen-bond acceptors (Lipinski definition) is 4. The van der Waals surface area contributed by atoms with E-state index in [0.717, 1.165) is 6.07 Å². The quantitative estimate of drug-likeness (QED) is 0.743. The third-order valence-corrected chi connectivity index (χ3v) is 2.20. The van der Waals surface area contributed by atoms with Crippen LogP contribution < -0.4 is 9.47 Å². The van der Waals surface area contributed by atoms with Crippen LogP contribution in [0.3, 0.4) is 0 Å². The number of benzene rings is 1. The molecule has 15 heavy (non-hydrogen) atoms.